The summed E-state index contributed by atoms with van der Waals surface area (Å²) in [5.41, 5.74) is 6.38. The highest BCUT2D eigenvalue weighted by Crippen LogP contribution is 2.45. The van der Waals surface area contributed by atoms with Gasteiger partial charge in [0.05, 0.1) is 51.7 Å². The molecule has 0 saturated carbocycles. The van der Waals surface area contributed by atoms with Crippen LogP contribution in [-0.4, -0.2) is 64.3 Å². The van der Waals surface area contributed by atoms with Gasteiger partial charge in [-0.25, -0.2) is 28.8 Å². The van der Waals surface area contributed by atoms with Crippen LogP contribution >= 0.6 is 0 Å². The number of carbonyl (C=O) groups is 6. The summed E-state index contributed by atoms with van der Waals surface area (Å²) in [6.45, 7) is 19.6. The SMILES string of the molecule is COc1c(C)c(OC(=O)c2c(C)c(C)c(C(=O)Oc3cc(=O)cc(OC(=O)c4c(C)c(C)c(C(=O)Oc5c(C)c(C)c(C(=O)OC(c6ccccc6)c6ccccc6)c(OC)c5C)c(OC)c4C)o3)c(C)c2OC)c(C)c(C)c1C(=O)OC(c1ccccc1)c1ccccc1. The van der Waals surface area contributed by atoms with Gasteiger partial charge in [-0.2, -0.15) is 0 Å². The molecule has 1 heterocycles. The predicted octanol–water partition coefficient (Wildman–Crippen LogP) is 15.1. The smallest absolute Gasteiger partial charge is 0.347 e. The Bertz CT molecular complexity index is 4200. The standard InChI is InChI=1S/C77H72O18/c1-39-41(3)60(74(81)92-64-45(7)43(5)62(68(87-15)49(64)11)76(83)94-70(51-29-21-17-22-30-51)52-31-23-18-24-32-52)66(85-13)47(9)58(39)72(79)90-56-37-55(78)38-57(89-56)91-73(80)59-40(2)42(4)61(67(86-14)48(59)10)75(82)93-65-46(8)44(6)63(69(88-16)50(65)12)77(84)95-71(53-33-25-19-26-34-53)54-35-27-20-28-36-54/h17-38,70-71H,1-16H3. The van der Waals surface area contributed by atoms with E-state index < -0.39 is 65.3 Å². The molecule has 488 valence electrons. The van der Waals surface area contributed by atoms with E-state index in [2.05, 4.69) is 0 Å². The van der Waals surface area contributed by atoms with Crippen molar-refractivity contribution < 1.29 is 80.6 Å². The molecule has 0 fully saturated rings. The molecule has 0 aliphatic rings. The summed E-state index contributed by atoms with van der Waals surface area (Å²) >= 11 is 0. The van der Waals surface area contributed by atoms with Gasteiger partial charge in [0, 0.05) is 22.3 Å². The molecule has 0 bridgehead atoms. The molecule has 0 aliphatic heterocycles. The molecule has 9 rings (SSSR count). The Morgan fingerprint density at radius 1 is 0.284 bits per heavy atom. The number of rotatable bonds is 20. The van der Waals surface area contributed by atoms with Crippen molar-refractivity contribution >= 4 is 35.8 Å². The van der Waals surface area contributed by atoms with Crippen molar-refractivity contribution in [2.45, 2.75) is 95.3 Å². The van der Waals surface area contributed by atoms with Gasteiger partial charge in [0.1, 0.15) is 56.8 Å². The van der Waals surface area contributed by atoms with Gasteiger partial charge in [0.25, 0.3) is 11.9 Å². The average molecular weight is 1290 g/mol. The summed E-state index contributed by atoms with van der Waals surface area (Å²) in [6.07, 6.45) is -1.50. The Labute approximate surface area is 550 Å². The van der Waals surface area contributed by atoms with E-state index in [4.69, 9.17) is 51.8 Å². The molecular weight excluding hydrogens is 1210 g/mol. The molecule has 0 amide bonds. The van der Waals surface area contributed by atoms with E-state index in [0.717, 1.165) is 34.4 Å². The summed E-state index contributed by atoms with van der Waals surface area (Å²) < 4.78 is 65.2. The van der Waals surface area contributed by atoms with E-state index in [1.807, 2.05) is 121 Å². The maximum Gasteiger partial charge on any atom is 0.347 e. The van der Waals surface area contributed by atoms with Crippen molar-refractivity contribution in [3.05, 3.63) is 266 Å². The van der Waals surface area contributed by atoms with Gasteiger partial charge in [0.2, 0.25) is 0 Å². The van der Waals surface area contributed by atoms with Gasteiger partial charge >= 0.3 is 35.8 Å². The van der Waals surface area contributed by atoms with Crippen LogP contribution in [0.4, 0.5) is 0 Å². The van der Waals surface area contributed by atoms with Crippen molar-refractivity contribution in [1.82, 2.24) is 0 Å². The molecule has 1 aromatic heterocycles. The van der Waals surface area contributed by atoms with E-state index in [0.29, 0.717) is 33.4 Å². The lowest BCUT2D eigenvalue weighted by molar-refractivity contribution is 0.0364. The van der Waals surface area contributed by atoms with E-state index in [1.165, 1.54) is 42.3 Å². The number of hydrogen-bond donors (Lipinski definition) is 0. The van der Waals surface area contributed by atoms with Gasteiger partial charge < -0.3 is 51.8 Å². The first-order chi connectivity index (χ1) is 45.4. The quantitative estimate of drug-likeness (QED) is 0.0511. The molecule has 0 unspecified atom stereocenters. The number of benzene rings is 8. The molecule has 0 N–H and O–H groups in total. The molecule has 9 aromatic rings. The molecular formula is C77H72O18. The predicted molar refractivity (Wildman–Crippen MR) is 354 cm³/mol. The lowest BCUT2D eigenvalue weighted by Crippen LogP contribution is -2.21. The van der Waals surface area contributed by atoms with E-state index in [-0.39, 0.29) is 101 Å². The van der Waals surface area contributed by atoms with Gasteiger partial charge in [-0.3, -0.25) is 4.79 Å². The molecule has 0 saturated heterocycles. The Morgan fingerprint density at radius 2 is 0.526 bits per heavy atom. The Morgan fingerprint density at radius 3 is 0.811 bits per heavy atom. The van der Waals surface area contributed by atoms with Crippen LogP contribution in [0.15, 0.2) is 143 Å². The van der Waals surface area contributed by atoms with Crippen LogP contribution in [-0.2, 0) is 9.47 Å². The van der Waals surface area contributed by atoms with Gasteiger partial charge in [-0.05, 0) is 150 Å². The summed E-state index contributed by atoms with van der Waals surface area (Å²) in [6, 6.07) is 39.1. The van der Waals surface area contributed by atoms with Crippen molar-refractivity contribution in [2.75, 3.05) is 28.4 Å². The topological polar surface area (TPSA) is 225 Å². The van der Waals surface area contributed by atoms with Crippen molar-refractivity contribution in [3.63, 3.8) is 0 Å². The maximum atomic E-state index is 14.5. The fraction of sp³-hybridized carbons (Fsp3) is 0.234. The van der Waals surface area contributed by atoms with Crippen LogP contribution in [0.3, 0.4) is 0 Å². The van der Waals surface area contributed by atoms with Crippen LogP contribution in [0.1, 0.15) is 163 Å². The molecule has 18 heteroatoms. The minimum absolute atomic E-state index is 0.0155. The highest BCUT2D eigenvalue weighted by molar-refractivity contribution is 6.04. The Balaban J connectivity index is 0.937. The van der Waals surface area contributed by atoms with E-state index >= 15 is 0 Å². The summed E-state index contributed by atoms with van der Waals surface area (Å²) in [5.74, 6) is -5.88. The zero-order valence-electron chi connectivity index (χ0n) is 55.7. The first kappa shape index (κ1) is 68.1. The fourth-order valence-corrected chi connectivity index (χ4v) is 12.0. The molecule has 0 aliphatic carbocycles. The molecule has 0 radical (unpaired) electrons. The number of esters is 6. The molecule has 0 spiro atoms. The second-order valence-electron chi connectivity index (χ2n) is 22.7. The lowest BCUT2D eigenvalue weighted by Gasteiger charge is -2.24. The van der Waals surface area contributed by atoms with Crippen molar-refractivity contribution in [1.29, 1.82) is 0 Å². The average Bonchev–Trinajstić information content (AvgIpc) is 0.772. The van der Waals surface area contributed by atoms with Crippen LogP contribution in [0, 0.1) is 83.1 Å². The number of hydrogen-bond acceptors (Lipinski definition) is 18. The van der Waals surface area contributed by atoms with E-state index in [1.54, 1.807) is 69.2 Å². The van der Waals surface area contributed by atoms with Crippen LogP contribution in [0.2, 0.25) is 0 Å². The second kappa shape index (κ2) is 28.7. The summed E-state index contributed by atoms with van der Waals surface area (Å²) in [4.78, 5) is 99.5. The third-order valence-corrected chi connectivity index (χ3v) is 17.3. The molecule has 18 nitrogen and oxygen atoms in total. The molecule has 0 atom stereocenters. The minimum Gasteiger partial charge on any atom is -0.496 e. The normalized spacial score (nSPS) is 11.0. The van der Waals surface area contributed by atoms with Crippen LogP contribution in [0.25, 0.3) is 0 Å². The third-order valence-electron chi connectivity index (χ3n) is 17.3. The first-order valence-electron chi connectivity index (χ1n) is 30.3. The van der Waals surface area contributed by atoms with Crippen molar-refractivity contribution in [2.24, 2.45) is 0 Å². The summed E-state index contributed by atoms with van der Waals surface area (Å²) in [7, 11) is 5.44. The number of methoxy groups -OCH3 is 4. The summed E-state index contributed by atoms with van der Waals surface area (Å²) in [5, 5.41) is 0. The number of ether oxygens (including phenoxy) is 10. The molecule has 8 aromatic carbocycles. The largest absolute Gasteiger partial charge is 0.496 e. The zero-order valence-corrected chi connectivity index (χ0v) is 55.7. The van der Waals surface area contributed by atoms with Crippen LogP contribution in [0.5, 0.6) is 46.4 Å². The second-order valence-corrected chi connectivity index (χ2v) is 22.7. The first-order valence-corrected chi connectivity index (χ1v) is 30.3. The fourth-order valence-electron chi connectivity index (χ4n) is 12.0. The van der Waals surface area contributed by atoms with Crippen molar-refractivity contribution in [3.8, 4) is 46.4 Å². The lowest BCUT2D eigenvalue weighted by atomic mass is 9.92. The van der Waals surface area contributed by atoms with Gasteiger partial charge in [-0.15, -0.1) is 0 Å². The third kappa shape index (κ3) is 13.4. The zero-order chi connectivity index (χ0) is 68.9. The number of carbonyl (C=O) groups excluding carboxylic acids is 6. The molecule has 95 heavy (non-hydrogen) atoms. The van der Waals surface area contributed by atoms with E-state index in [9.17, 15) is 33.6 Å². The van der Waals surface area contributed by atoms with Gasteiger partial charge in [-0.1, -0.05) is 121 Å². The maximum absolute atomic E-state index is 14.5. The highest BCUT2D eigenvalue weighted by Gasteiger charge is 2.36. The monoisotopic (exact) mass is 1280 g/mol. The van der Waals surface area contributed by atoms with Gasteiger partial charge in [0.15, 0.2) is 17.6 Å². The minimum atomic E-state index is -1.02. The highest BCUT2D eigenvalue weighted by atomic mass is 16.7. The Hall–Kier alpha value is -11.3. The van der Waals surface area contributed by atoms with Crippen LogP contribution < -0.4 is 43.3 Å². The Kier molecular flexibility index (Phi) is 20.6.